The van der Waals surface area contributed by atoms with Crippen molar-refractivity contribution in [2.24, 2.45) is 5.73 Å². The van der Waals surface area contributed by atoms with Gasteiger partial charge in [0.05, 0.1) is 0 Å². The number of aromatic nitrogens is 1. The van der Waals surface area contributed by atoms with Crippen LogP contribution in [0.15, 0.2) is 24.5 Å². The molecule has 1 unspecified atom stereocenters. The standard InChI is InChI=1S/C11H15N3O/c12-7-10-1-2-11(15)14(10)8-9-3-5-13-6-4-9/h3-6,10H,1-2,7-8,12H2. The van der Waals surface area contributed by atoms with Crippen LogP contribution in [-0.2, 0) is 11.3 Å². The molecule has 15 heavy (non-hydrogen) atoms. The van der Waals surface area contributed by atoms with Crippen molar-refractivity contribution in [1.29, 1.82) is 0 Å². The quantitative estimate of drug-likeness (QED) is 0.783. The van der Waals surface area contributed by atoms with Crippen molar-refractivity contribution in [3.63, 3.8) is 0 Å². The van der Waals surface area contributed by atoms with Crippen LogP contribution in [0.25, 0.3) is 0 Å². The van der Waals surface area contributed by atoms with Gasteiger partial charge in [-0.1, -0.05) is 0 Å². The molecule has 0 bridgehead atoms. The van der Waals surface area contributed by atoms with Gasteiger partial charge >= 0.3 is 0 Å². The SMILES string of the molecule is NCC1CCC(=O)N1Cc1ccncc1. The fraction of sp³-hybridized carbons (Fsp3) is 0.455. The smallest absolute Gasteiger partial charge is 0.223 e. The van der Waals surface area contributed by atoms with E-state index in [1.54, 1.807) is 12.4 Å². The summed E-state index contributed by atoms with van der Waals surface area (Å²) in [6.07, 6.45) is 5.01. The Balaban J connectivity index is 2.07. The molecule has 80 valence electrons. The number of rotatable bonds is 3. The lowest BCUT2D eigenvalue weighted by atomic mass is 10.2. The molecule has 1 fully saturated rings. The number of carbonyl (C=O) groups excluding carboxylic acids is 1. The molecule has 1 amide bonds. The summed E-state index contributed by atoms with van der Waals surface area (Å²) in [6, 6.07) is 4.07. The highest BCUT2D eigenvalue weighted by atomic mass is 16.2. The third kappa shape index (κ3) is 2.15. The molecule has 1 atom stereocenters. The summed E-state index contributed by atoms with van der Waals surface area (Å²) in [6.45, 7) is 1.21. The number of likely N-dealkylation sites (tertiary alicyclic amines) is 1. The lowest BCUT2D eigenvalue weighted by Gasteiger charge is -2.23. The van der Waals surface area contributed by atoms with Gasteiger partial charge in [-0.2, -0.15) is 0 Å². The Morgan fingerprint density at radius 2 is 2.20 bits per heavy atom. The molecule has 0 saturated carbocycles. The normalized spacial score (nSPS) is 21.0. The highest BCUT2D eigenvalue weighted by Crippen LogP contribution is 2.20. The predicted molar refractivity (Wildman–Crippen MR) is 56.9 cm³/mol. The van der Waals surface area contributed by atoms with E-state index in [4.69, 9.17) is 5.73 Å². The average Bonchev–Trinajstić information content (AvgIpc) is 2.62. The molecule has 0 aliphatic carbocycles. The number of hydrogen-bond acceptors (Lipinski definition) is 3. The fourth-order valence-corrected chi connectivity index (χ4v) is 1.94. The van der Waals surface area contributed by atoms with Crippen LogP contribution in [0.1, 0.15) is 18.4 Å². The Kier molecular flexibility index (Phi) is 2.97. The van der Waals surface area contributed by atoms with Gasteiger partial charge in [0, 0.05) is 37.9 Å². The van der Waals surface area contributed by atoms with E-state index < -0.39 is 0 Å². The van der Waals surface area contributed by atoms with Crippen molar-refractivity contribution in [2.75, 3.05) is 6.54 Å². The molecule has 2 heterocycles. The second kappa shape index (κ2) is 4.40. The first-order chi connectivity index (χ1) is 7.31. The minimum Gasteiger partial charge on any atom is -0.334 e. The third-order valence-electron chi connectivity index (χ3n) is 2.83. The van der Waals surface area contributed by atoms with E-state index in [0.717, 1.165) is 12.0 Å². The Morgan fingerprint density at radius 1 is 1.47 bits per heavy atom. The molecule has 4 nitrogen and oxygen atoms in total. The Labute approximate surface area is 89.1 Å². The van der Waals surface area contributed by atoms with E-state index in [1.807, 2.05) is 17.0 Å². The van der Waals surface area contributed by atoms with Crippen molar-refractivity contribution in [3.05, 3.63) is 30.1 Å². The van der Waals surface area contributed by atoms with Gasteiger partial charge in [0.2, 0.25) is 5.91 Å². The maximum atomic E-state index is 11.6. The maximum absolute atomic E-state index is 11.6. The van der Waals surface area contributed by atoms with E-state index >= 15 is 0 Å². The summed E-state index contributed by atoms with van der Waals surface area (Å²) in [5.41, 5.74) is 6.74. The first-order valence-corrected chi connectivity index (χ1v) is 5.19. The summed E-state index contributed by atoms with van der Waals surface area (Å²) in [5.74, 6) is 0.210. The molecule has 1 saturated heterocycles. The fourth-order valence-electron chi connectivity index (χ4n) is 1.94. The van der Waals surface area contributed by atoms with Gasteiger partial charge in [0.15, 0.2) is 0 Å². The summed E-state index contributed by atoms with van der Waals surface area (Å²) in [5, 5.41) is 0. The zero-order chi connectivity index (χ0) is 10.7. The minimum atomic E-state index is 0.210. The zero-order valence-corrected chi connectivity index (χ0v) is 8.60. The van der Waals surface area contributed by atoms with E-state index in [0.29, 0.717) is 19.5 Å². The maximum Gasteiger partial charge on any atom is 0.223 e. The van der Waals surface area contributed by atoms with Gasteiger partial charge in [-0.3, -0.25) is 9.78 Å². The zero-order valence-electron chi connectivity index (χ0n) is 8.60. The van der Waals surface area contributed by atoms with Crippen molar-refractivity contribution in [2.45, 2.75) is 25.4 Å². The van der Waals surface area contributed by atoms with Gasteiger partial charge in [-0.15, -0.1) is 0 Å². The van der Waals surface area contributed by atoms with Crippen LogP contribution in [0.4, 0.5) is 0 Å². The number of nitrogens with two attached hydrogens (primary N) is 1. The molecular formula is C11H15N3O. The summed E-state index contributed by atoms with van der Waals surface area (Å²) in [4.78, 5) is 17.4. The van der Waals surface area contributed by atoms with Crippen LogP contribution in [0.3, 0.4) is 0 Å². The lowest BCUT2D eigenvalue weighted by molar-refractivity contribution is -0.129. The van der Waals surface area contributed by atoms with Crippen molar-refractivity contribution >= 4 is 5.91 Å². The number of amides is 1. The number of carbonyl (C=O) groups is 1. The van der Waals surface area contributed by atoms with Crippen molar-refractivity contribution < 1.29 is 4.79 Å². The van der Waals surface area contributed by atoms with Crippen LogP contribution in [0, 0.1) is 0 Å². The van der Waals surface area contributed by atoms with E-state index in [1.165, 1.54) is 0 Å². The molecule has 1 aliphatic heterocycles. The second-order valence-electron chi connectivity index (χ2n) is 3.81. The molecule has 2 rings (SSSR count). The number of pyridine rings is 1. The molecule has 4 heteroatoms. The van der Waals surface area contributed by atoms with Crippen LogP contribution < -0.4 is 5.73 Å². The van der Waals surface area contributed by atoms with Gasteiger partial charge in [-0.05, 0) is 24.1 Å². The predicted octanol–water partition coefficient (Wildman–Crippen LogP) is 0.531. The lowest BCUT2D eigenvalue weighted by Crippen LogP contribution is -2.37. The Morgan fingerprint density at radius 3 is 2.87 bits per heavy atom. The van der Waals surface area contributed by atoms with Crippen LogP contribution in [0.2, 0.25) is 0 Å². The third-order valence-corrected chi connectivity index (χ3v) is 2.83. The Bertz CT molecular complexity index is 339. The highest BCUT2D eigenvalue weighted by Gasteiger charge is 2.29. The van der Waals surface area contributed by atoms with E-state index in [9.17, 15) is 4.79 Å². The second-order valence-corrected chi connectivity index (χ2v) is 3.81. The van der Waals surface area contributed by atoms with Gasteiger partial charge in [0.1, 0.15) is 0 Å². The summed E-state index contributed by atoms with van der Waals surface area (Å²) < 4.78 is 0. The molecule has 0 spiro atoms. The van der Waals surface area contributed by atoms with Crippen LogP contribution >= 0.6 is 0 Å². The molecule has 2 N–H and O–H groups in total. The molecule has 1 aromatic rings. The first kappa shape index (κ1) is 10.1. The van der Waals surface area contributed by atoms with Gasteiger partial charge in [0.25, 0.3) is 0 Å². The topological polar surface area (TPSA) is 59.2 Å². The van der Waals surface area contributed by atoms with Crippen molar-refractivity contribution in [1.82, 2.24) is 9.88 Å². The van der Waals surface area contributed by atoms with Crippen LogP contribution in [-0.4, -0.2) is 28.4 Å². The molecule has 0 aromatic carbocycles. The molecular weight excluding hydrogens is 190 g/mol. The van der Waals surface area contributed by atoms with E-state index in [-0.39, 0.29) is 11.9 Å². The molecule has 1 aromatic heterocycles. The summed E-state index contributed by atoms with van der Waals surface area (Å²) >= 11 is 0. The van der Waals surface area contributed by atoms with Gasteiger partial charge < -0.3 is 10.6 Å². The largest absolute Gasteiger partial charge is 0.334 e. The first-order valence-electron chi connectivity index (χ1n) is 5.19. The molecule has 1 aliphatic rings. The molecule has 0 radical (unpaired) electrons. The van der Waals surface area contributed by atoms with Crippen molar-refractivity contribution in [3.8, 4) is 0 Å². The van der Waals surface area contributed by atoms with Crippen LogP contribution in [0.5, 0.6) is 0 Å². The average molecular weight is 205 g/mol. The Hall–Kier alpha value is -1.42. The monoisotopic (exact) mass is 205 g/mol. The number of hydrogen-bond donors (Lipinski definition) is 1. The minimum absolute atomic E-state index is 0.210. The number of nitrogens with zero attached hydrogens (tertiary/aromatic N) is 2. The highest BCUT2D eigenvalue weighted by molar-refractivity contribution is 5.78. The summed E-state index contributed by atoms with van der Waals surface area (Å²) in [7, 11) is 0. The van der Waals surface area contributed by atoms with E-state index in [2.05, 4.69) is 4.98 Å². The van der Waals surface area contributed by atoms with Gasteiger partial charge in [-0.25, -0.2) is 0 Å².